The smallest absolute Gasteiger partial charge is 0.408 e. The molecule has 0 aromatic rings. The van der Waals surface area contributed by atoms with E-state index in [0.29, 0.717) is 19.4 Å². The Balaban J connectivity index is 1.83. The molecule has 2 saturated carbocycles. The fraction of sp³-hybridized carbons (Fsp3) is 0.800. The highest BCUT2D eigenvalue weighted by molar-refractivity contribution is 6.38. The molecular weight excluding hydrogens is 454 g/mol. The van der Waals surface area contributed by atoms with Crippen LogP contribution >= 0.6 is 0 Å². The lowest BCUT2D eigenvalue weighted by molar-refractivity contribution is -0.154. The number of nitrogens with zero attached hydrogens (tertiary/aromatic N) is 1. The molecule has 0 spiro atoms. The van der Waals surface area contributed by atoms with Gasteiger partial charge in [0.15, 0.2) is 0 Å². The van der Waals surface area contributed by atoms with E-state index in [9.17, 15) is 24.0 Å². The molecule has 0 radical (unpaired) electrons. The topological polar surface area (TPSA) is 131 Å². The summed E-state index contributed by atoms with van der Waals surface area (Å²) in [7, 11) is 1.12. The minimum atomic E-state index is -1.27. The monoisotopic (exact) mass is 493 g/mol. The number of likely N-dealkylation sites (tertiary alicyclic amines) is 1. The van der Waals surface area contributed by atoms with Crippen LogP contribution in [0, 0.1) is 22.7 Å². The summed E-state index contributed by atoms with van der Waals surface area (Å²) in [5.74, 6) is -2.59. The van der Waals surface area contributed by atoms with Crippen LogP contribution in [0.4, 0.5) is 4.79 Å². The van der Waals surface area contributed by atoms with Crippen LogP contribution in [0.5, 0.6) is 0 Å². The Morgan fingerprint density at radius 3 is 2.03 bits per heavy atom. The molecular formula is C25H39N3O7. The number of alkyl carbamates (subject to hydrolysis) is 1. The van der Waals surface area contributed by atoms with E-state index in [2.05, 4.69) is 29.2 Å². The first-order chi connectivity index (χ1) is 15.9. The van der Waals surface area contributed by atoms with E-state index in [1.807, 2.05) is 20.8 Å². The summed E-state index contributed by atoms with van der Waals surface area (Å²) < 4.78 is 9.92. The zero-order chi connectivity index (χ0) is 26.7. The summed E-state index contributed by atoms with van der Waals surface area (Å²) in [4.78, 5) is 65.6. The minimum Gasteiger partial charge on any atom is -0.463 e. The third-order valence-corrected chi connectivity index (χ3v) is 7.45. The molecule has 3 aliphatic rings. The van der Waals surface area contributed by atoms with Crippen molar-refractivity contribution < 1.29 is 33.4 Å². The van der Waals surface area contributed by atoms with Gasteiger partial charge in [-0.15, -0.1) is 0 Å². The SMILES string of the molecule is COC(=O)C(=O)C1(NC(=O)[C@@H]2[C@@H]3[C@H](CN2C(=O)C(NC(=O)OC(C)(C)C)C(C)(C)C)C3(C)C)CC1. The molecule has 0 aromatic carbocycles. The van der Waals surface area contributed by atoms with Crippen molar-refractivity contribution in [2.75, 3.05) is 13.7 Å². The molecule has 2 N–H and O–H groups in total. The van der Waals surface area contributed by atoms with Gasteiger partial charge in [-0.25, -0.2) is 9.59 Å². The van der Waals surface area contributed by atoms with Gasteiger partial charge in [-0.3, -0.25) is 14.4 Å². The number of amides is 3. The molecule has 10 nitrogen and oxygen atoms in total. The van der Waals surface area contributed by atoms with Crippen molar-refractivity contribution in [1.29, 1.82) is 0 Å². The number of hydrogen-bond donors (Lipinski definition) is 2. The number of rotatable bonds is 6. The lowest BCUT2D eigenvalue weighted by Gasteiger charge is -2.38. The van der Waals surface area contributed by atoms with Gasteiger partial charge >= 0.3 is 12.1 Å². The van der Waals surface area contributed by atoms with Gasteiger partial charge < -0.3 is 25.0 Å². The van der Waals surface area contributed by atoms with Gasteiger partial charge in [-0.05, 0) is 56.3 Å². The molecule has 0 bridgehead atoms. The third-order valence-electron chi connectivity index (χ3n) is 7.45. The van der Waals surface area contributed by atoms with Crippen LogP contribution in [-0.2, 0) is 28.7 Å². The molecule has 0 aromatic heterocycles. The largest absolute Gasteiger partial charge is 0.463 e. The number of ketones is 1. The average Bonchev–Trinajstić information content (AvgIpc) is 3.52. The lowest BCUT2D eigenvalue weighted by atomic mass is 9.85. The van der Waals surface area contributed by atoms with E-state index in [0.717, 1.165) is 7.11 Å². The standard InChI is InChI=1S/C25H39N3O7/c1-22(2,3)16(26-21(33)35-23(4,5)6)19(31)28-12-13-14(24(13,7)8)15(28)18(30)27-25(10-11-25)17(29)20(32)34-9/h13-16H,10-12H2,1-9H3,(H,26,33)(H,27,30)/t13-,14-,15-,16?/m0/s1. The molecule has 1 saturated heterocycles. The zero-order valence-corrected chi connectivity index (χ0v) is 22.2. The van der Waals surface area contributed by atoms with Crippen LogP contribution in [0.15, 0.2) is 0 Å². The molecule has 1 aliphatic heterocycles. The summed E-state index contributed by atoms with van der Waals surface area (Å²) in [6.45, 7) is 15.2. The Morgan fingerprint density at radius 1 is 1.00 bits per heavy atom. The molecule has 2 aliphatic carbocycles. The van der Waals surface area contributed by atoms with Crippen LogP contribution in [-0.4, -0.2) is 71.4 Å². The summed E-state index contributed by atoms with van der Waals surface area (Å²) in [5, 5.41) is 5.46. The Kier molecular flexibility index (Phi) is 6.53. The number of piperidine rings is 1. The normalized spacial score (nSPS) is 26.7. The highest BCUT2D eigenvalue weighted by Gasteiger charge is 2.70. The van der Waals surface area contributed by atoms with Crippen molar-refractivity contribution in [2.45, 2.75) is 91.5 Å². The molecule has 10 heteroatoms. The minimum absolute atomic E-state index is 0.0855. The summed E-state index contributed by atoms with van der Waals surface area (Å²) in [6, 6.07) is -1.74. The number of esters is 1. The molecule has 196 valence electrons. The van der Waals surface area contributed by atoms with Crippen molar-refractivity contribution in [2.24, 2.45) is 22.7 Å². The third kappa shape index (κ3) is 5.16. The Morgan fingerprint density at radius 2 is 1.57 bits per heavy atom. The fourth-order valence-electron chi connectivity index (χ4n) is 5.18. The average molecular weight is 494 g/mol. The second-order valence-electron chi connectivity index (χ2n) is 12.7. The number of methoxy groups -OCH3 is 1. The van der Waals surface area contributed by atoms with Crippen LogP contribution in [0.2, 0.25) is 0 Å². The fourth-order valence-corrected chi connectivity index (χ4v) is 5.18. The Hall–Kier alpha value is -2.65. The number of Topliss-reactive ketones (excluding diaryl/α,β-unsaturated/α-hetero) is 1. The van der Waals surface area contributed by atoms with Gasteiger partial charge in [0.1, 0.15) is 23.2 Å². The van der Waals surface area contributed by atoms with Crippen molar-refractivity contribution >= 4 is 29.7 Å². The van der Waals surface area contributed by atoms with Crippen molar-refractivity contribution in [3.8, 4) is 0 Å². The Labute approximate surface area is 206 Å². The van der Waals surface area contributed by atoms with E-state index in [-0.39, 0.29) is 23.2 Å². The van der Waals surface area contributed by atoms with Gasteiger partial charge in [-0.2, -0.15) is 0 Å². The Bertz CT molecular complexity index is 940. The first-order valence-corrected chi connectivity index (χ1v) is 12.1. The summed E-state index contributed by atoms with van der Waals surface area (Å²) >= 11 is 0. The van der Waals surface area contributed by atoms with E-state index >= 15 is 0 Å². The van der Waals surface area contributed by atoms with Crippen molar-refractivity contribution in [3.05, 3.63) is 0 Å². The first kappa shape index (κ1) is 26.9. The zero-order valence-electron chi connectivity index (χ0n) is 22.2. The number of nitrogens with one attached hydrogen (secondary N) is 2. The van der Waals surface area contributed by atoms with Gasteiger partial charge in [0.05, 0.1) is 7.11 Å². The molecule has 1 heterocycles. The van der Waals surface area contributed by atoms with E-state index in [1.165, 1.54) is 4.90 Å². The van der Waals surface area contributed by atoms with Crippen LogP contribution in [0.25, 0.3) is 0 Å². The number of fused-ring (bicyclic) bond motifs is 1. The number of carbonyl (C=O) groups is 5. The van der Waals surface area contributed by atoms with E-state index < -0.39 is 52.4 Å². The second kappa shape index (κ2) is 8.48. The predicted octanol–water partition coefficient (Wildman–Crippen LogP) is 1.80. The molecule has 1 unspecified atom stereocenters. The van der Waals surface area contributed by atoms with Gasteiger partial charge in [0, 0.05) is 6.54 Å². The predicted molar refractivity (Wildman–Crippen MR) is 126 cm³/mol. The maximum atomic E-state index is 13.8. The second-order valence-corrected chi connectivity index (χ2v) is 12.7. The van der Waals surface area contributed by atoms with Crippen molar-refractivity contribution in [3.63, 3.8) is 0 Å². The highest BCUT2D eigenvalue weighted by Crippen LogP contribution is 2.65. The maximum Gasteiger partial charge on any atom is 0.408 e. The highest BCUT2D eigenvalue weighted by atomic mass is 16.6. The molecule has 4 atom stereocenters. The maximum absolute atomic E-state index is 13.8. The van der Waals surface area contributed by atoms with Gasteiger partial charge in [0.25, 0.3) is 5.78 Å². The van der Waals surface area contributed by atoms with Crippen LogP contribution in [0.1, 0.15) is 68.2 Å². The number of ether oxygens (including phenoxy) is 2. The van der Waals surface area contributed by atoms with Gasteiger partial charge in [0.2, 0.25) is 11.8 Å². The quantitative estimate of drug-likeness (QED) is 0.426. The molecule has 3 rings (SSSR count). The lowest BCUT2D eigenvalue weighted by Crippen LogP contribution is -2.61. The number of carbonyl (C=O) groups excluding carboxylic acids is 5. The summed E-state index contributed by atoms with van der Waals surface area (Å²) in [6.07, 6.45) is -0.0252. The van der Waals surface area contributed by atoms with Crippen LogP contribution in [0.3, 0.4) is 0 Å². The molecule has 3 fully saturated rings. The van der Waals surface area contributed by atoms with E-state index in [1.54, 1.807) is 20.8 Å². The number of hydrogen-bond acceptors (Lipinski definition) is 7. The first-order valence-electron chi connectivity index (χ1n) is 12.1. The van der Waals surface area contributed by atoms with Gasteiger partial charge in [-0.1, -0.05) is 34.6 Å². The van der Waals surface area contributed by atoms with Crippen LogP contribution < -0.4 is 10.6 Å². The van der Waals surface area contributed by atoms with E-state index in [4.69, 9.17) is 4.74 Å². The molecule has 35 heavy (non-hydrogen) atoms. The summed E-state index contributed by atoms with van der Waals surface area (Å²) in [5.41, 5.74) is -2.80. The molecule has 3 amide bonds. The van der Waals surface area contributed by atoms with Crippen molar-refractivity contribution in [1.82, 2.24) is 15.5 Å².